The molecule has 6 heteroatoms. The average molecular weight is 373 g/mol. The van der Waals surface area contributed by atoms with E-state index >= 15 is 0 Å². The van der Waals surface area contributed by atoms with Crippen molar-refractivity contribution in [2.45, 2.75) is 19.8 Å². The Kier molecular flexibility index (Phi) is 5.78. The molecule has 1 heterocycles. The van der Waals surface area contributed by atoms with Crippen LogP contribution >= 0.6 is 11.6 Å². The van der Waals surface area contributed by atoms with Crippen LogP contribution in [0.4, 0.5) is 11.4 Å². The van der Waals surface area contributed by atoms with Crippen LogP contribution in [0.2, 0.25) is 5.02 Å². The molecule has 0 unspecified atom stereocenters. The van der Waals surface area contributed by atoms with Crippen molar-refractivity contribution in [3.05, 3.63) is 53.6 Å². The van der Waals surface area contributed by atoms with Crippen LogP contribution in [-0.2, 0) is 9.59 Å². The van der Waals surface area contributed by atoms with Crippen molar-refractivity contribution in [1.29, 1.82) is 0 Å². The first-order valence-electron chi connectivity index (χ1n) is 8.66. The highest BCUT2D eigenvalue weighted by Crippen LogP contribution is 2.28. The molecule has 2 aromatic rings. The van der Waals surface area contributed by atoms with Crippen LogP contribution in [-0.4, -0.2) is 25.0 Å². The van der Waals surface area contributed by atoms with Gasteiger partial charge in [-0.15, -0.1) is 0 Å². The first-order chi connectivity index (χ1) is 12.6. The Bertz CT molecular complexity index is 792. The zero-order valence-corrected chi connectivity index (χ0v) is 15.3. The zero-order valence-electron chi connectivity index (χ0n) is 14.6. The molecule has 2 aromatic carbocycles. The van der Waals surface area contributed by atoms with Crippen LogP contribution in [0.15, 0.2) is 48.5 Å². The Morgan fingerprint density at radius 3 is 2.73 bits per heavy atom. The molecular formula is C20H21ClN2O3. The largest absolute Gasteiger partial charge is 0.494 e. The van der Waals surface area contributed by atoms with Gasteiger partial charge in [-0.25, -0.2) is 0 Å². The molecule has 2 amide bonds. The highest BCUT2D eigenvalue weighted by Gasteiger charge is 2.35. The Balaban J connectivity index is 1.61. The van der Waals surface area contributed by atoms with Crippen LogP contribution in [0.5, 0.6) is 5.75 Å². The van der Waals surface area contributed by atoms with Gasteiger partial charge >= 0.3 is 0 Å². The van der Waals surface area contributed by atoms with Gasteiger partial charge in [0.2, 0.25) is 11.8 Å². The van der Waals surface area contributed by atoms with Crippen LogP contribution in [0.3, 0.4) is 0 Å². The maximum absolute atomic E-state index is 12.5. The molecule has 26 heavy (non-hydrogen) atoms. The van der Waals surface area contributed by atoms with Gasteiger partial charge in [0.05, 0.1) is 12.5 Å². The fourth-order valence-corrected chi connectivity index (χ4v) is 3.06. The second-order valence-corrected chi connectivity index (χ2v) is 6.68. The number of carbonyl (C=O) groups is 2. The van der Waals surface area contributed by atoms with E-state index in [0.29, 0.717) is 23.9 Å². The van der Waals surface area contributed by atoms with Gasteiger partial charge in [0, 0.05) is 29.4 Å². The van der Waals surface area contributed by atoms with Crippen molar-refractivity contribution in [3.8, 4) is 5.75 Å². The Morgan fingerprint density at radius 1 is 1.27 bits per heavy atom. The molecule has 1 aliphatic heterocycles. The number of carbonyl (C=O) groups excluding carboxylic acids is 2. The number of hydrogen-bond acceptors (Lipinski definition) is 3. The molecule has 1 atom stereocenters. The van der Waals surface area contributed by atoms with Crippen LogP contribution in [0.25, 0.3) is 0 Å². The van der Waals surface area contributed by atoms with Crippen LogP contribution in [0, 0.1) is 5.92 Å². The summed E-state index contributed by atoms with van der Waals surface area (Å²) >= 11 is 5.99. The summed E-state index contributed by atoms with van der Waals surface area (Å²) in [5.41, 5.74) is 1.41. The summed E-state index contributed by atoms with van der Waals surface area (Å²) in [4.78, 5) is 26.4. The summed E-state index contributed by atoms with van der Waals surface area (Å²) < 4.78 is 5.53. The van der Waals surface area contributed by atoms with E-state index in [1.807, 2.05) is 25.1 Å². The monoisotopic (exact) mass is 372 g/mol. The van der Waals surface area contributed by atoms with E-state index < -0.39 is 5.92 Å². The number of benzene rings is 2. The molecule has 1 N–H and O–H groups in total. The number of hydrogen-bond donors (Lipinski definition) is 1. The van der Waals surface area contributed by atoms with E-state index in [-0.39, 0.29) is 18.2 Å². The summed E-state index contributed by atoms with van der Waals surface area (Å²) in [6.45, 7) is 3.06. The molecule has 0 saturated carbocycles. The predicted octanol–water partition coefficient (Wildman–Crippen LogP) is 4.12. The van der Waals surface area contributed by atoms with Gasteiger partial charge in [-0.1, -0.05) is 24.6 Å². The predicted molar refractivity (Wildman–Crippen MR) is 103 cm³/mol. The quantitative estimate of drug-likeness (QED) is 0.829. The molecule has 5 nitrogen and oxygen atoms in total. The first-order valence-corrected chi connectivity index (χ1v) is 9.04. The van der Waals surface area contributed by atoms with Gasteiger partial charge in [-0.2, -0.15) is 0 Å². The van der Waals surface area contributed by atoms with Crippen molar-refractivity contribution in [2.75, 3.05) is 23.4 Å². The van der Waals surface area contributed by atoms with Crippen molar-refractivity contribution < 1.29 is 14.3 Å². The van der Waals surface area contributed by atoms with E-state index in [0.717, 1.165) is 17.9 Å². The number of rotatable bonds is 6. The summed E-state index contributed by atoms with van der Waals surface area (Å²) in [5.74, 6) is 0.145. The second kappa shape index (κ2) is 8.23. The lowest BCUT2D eigenvalue weighted by Gasteiger charge is -2.17. The zero-order chi connectivity index (χ0) is 18.5. The van der Waals surface area contributed by atoms with E-state index in [2.05, 4.69) is 5.32 Å². The van der Waals surface area contributed by atoms with Crippen LogP contribution in [0.1, 0.15) is 19.8 Å². The van der Waals surface area contributed by atoms with Crippen molar-refractivity contribution >= 4 is 34.8 Å². The summed E-state index contributed by atoms with van der Waals surface area (Å²) in [6, 6.07) is 14.3. The lowest BCUT2D eigenvalue weighted by Crippen LogP contribution is -2.28. The molecule has 1 fully saturated rings. The summed E-state index contributed by atoms with van der Waals surface area (Å²) in [5, 5.41) is 3.44. The lowest BCUT2D eigenvalue weighted by atomic mass is 10.1. The minimum Gasteiger partial charge on any atom is -0.494 e. The van der Waals surface area contributed by atoms with Gasteiger partial charge in [-0.05, 0) is 48.9 Å². The Labute approximate surface area is 157 Å². The molecular weight excluding hydrogens is 352 g/mol. The molecule has 1 aliphatic rings. The Hall–Kier alpha value is -2.53. The number of anilines is 2. The van der Waals surface area contributed by atoms with Gasteiger partial charge in [0.15, 0.2) is 0 Å². The third kappa shape index (κ3) is 4.35. The Morgan fingerprint density at radius 2 is 2.04 bits per heavy atom. The normalized spacial score (nSPS) is 16.6. The molecule has 3 rings (SSSR count). The van der Waals surface area contributed by atoms with E-state index in [1.54, 1.807) is 35.2 Å². The van der Waals surface area contributed by atoms with E-state index in [4.69, 9.17) is 16.3 Å². The molecule has 1 saturated heterocycles. The maximum Gasteiger partial charge on any atom is 0.229 e. The molecule has 136 valence electrons. The number of halogens is 1. The molecule has 0 aliphatic carbocycles. The molecule has 0 bridgehead atoms. The summed E-state index contributed by atoms with van der Waals surface area (Å²) in [6.07, 6.45) is 1.13. The highest BCUT2D eigenvalue weighted by atomic mass is 35.5. The van der Waals surface area contributed by atoms with Crippen LogP contribution < -0.4 is 15.0 Å². The lowest BCUT2D eigenvalue weighted by molar-refractivity contribution is -0.122. The number of nitrogens with zero attached hydrogens (tertiary/aromatic N) is 1. The van der Waals surface area contributed by atoms with Crippen molar-refractivity contribution in [2.24, 2.45) is 5.92 Å². The van der Waals surface area contributed by atoms with Gasteiger partial charge in [-0.3, -0.25) is 9.59 Å². The second-order valence-electron chi connectivity index (χ2n) is 6.25. The highest BCUT2D eigenvalue weighted by molar-refractivity contribution is 6.31. The molecule has 0 spiro atoms. The third-order valence-electron chi connectivity index (χ3n) is 4.21. The fourth-order valence-electron chi connectivity index (χ4n) is 2.88. The van der Waals surface area contributed by atoms with Gasteiger partial charge in [0.25, 0.3) is 0 Å². The number of amides is 2. The standard InChI is InChI=1S/C20H21ClN2O3/c1-2-10-26-18-8-6-16(7-9-18)22-20(25)14-11-19(24)23(13-14)17-5-3-4-15(21)12-17/h3-9,12,14H,2,10-11,13H2,1H3,(H,22,25)/t14-/m0/s1. The van der Waals surface area contributed by atoms with E-state index in [1.165, 1.54) is 0 Å². The average Bonchev–Trinajstić information content (AvgIpc) is 3.03. The van der Waals surface area contributed by atoms with Crippen molar-refractivity contribution in [3.63, 3.8) is 0 Å². The van der Waals surface area contributed by atoms with E-state index in [9.17, 15) is 9.59 Å². The smallest absolute Gasteiger partial charge is 0.229 e. The number of nitrogens with one attached hydrogen (secondary N) is 1. The van der Waals surface area contributed by atoms with Gasteiger partial charge in [0.1, 0.15) is 5.75 Å². The summed E-state index contributed by atoms with van der Waals surface area (Å²) in [7, 11) is 0. The minimum atomic E-state index is -0.391. The minimum absolute atomic E-state index is 0.0734. The van der Waals surface area contributed by atoms with Gasteiger partial charge < -0.3 is 15.0 Å². The SMILES string of the molecule is CCCOc1ccc(NC(=O)[C@H]2CC(=O)N(c3cccc(Cl)c3)C2)cc1. The van der Waals surface area contributed by atoms with Crippen molar-refractivity contribution in [1.82, 2.24) is 0 Å². The topological polar surface area (TPSA) is 58.6 Å². The molecule has 0 radical (unpaired) electrons. The first kappa shape index (κ1) is 18.3. The molecule has 0 aromatic heterocycles. The third-order valence-corrected chi connectivity index (χ3v) is 4.45. The number of ether oxygens (including phenoxy) is 1. The fraction of sp³-hybridized carbons (Fsp3) is 0.300. The maximum atomic E-state index is 12.5.